The summed E-state index contributed by atoms with van der Waals surface area (Å²) in [6.07, 6.45) is -0.768. The van der Waals surface area contributed by atoms with Crippen molar-refractivity contribution >= 4 is 215 Å². The Balaban J connectivity index is -0.00000163. The Morgan fingerprint density at radius 2 is 0.671 bits per heavy atom. The van der Waals surface area contributed by atoms with Crippen LogP contribution in [0.2, 0.25) is 27.3 Å². The number of likely N-dealkylation sites (N-methyl/N-ethyl adjacent to an activating group) is 4. The predicted molar refractivity (Wildman–Crippen MR) is 563 cm³/mol. The first-order valence-electron chi connectivity index (χ1n) is 44.7. The van der Waals surface area contributed by atoms with Crippen LogP contribution in [0, 0.1) is 20.2 Å². The summed E-state index contributed by atoms with van der Waals surface area (Å²) >= 11 is 28.2. The first-order chi connectivity index (χ1) is 66.0. The monoisotopic (exact) mass is 2110 g/mol. The lowest BCUT2D eigenvalue weighted by molar-refractivity contribution is -0.385. The van der Waals surface area contributed by atoms with Gasteiger partial charge in [0.05, 0.1) is 77.7 Å². The molecule has 0 radical (unpaired) electrons. The number of aliphatic hydroxyl groups excluding tert-OH is 1. The van der Waals surface area contributed by atoms with Gasteiger partial charge in [-0.05, 0) is 198 Å². The Morgan fingerprint density at radius 3 is 0.930 bits per heavy atom. The number of aliphatic carboxylic acids is 2. The molecular formula is C91H144B4Cl5N15O28. The minimum atomic E-state index is -1.20. The maximum absolute atomic E-state index is 13.1. The number of hydrogen-bond acceptors (Lipinski definition) is 35. The molecule has 0 saturated heterocycles. The molecule has 798 valence electrons. The molecule has 5 aromatic carbocycles. The number of hydrogen-bond donors (Lipinski definition) is 14. The van der Waals surface area contributed by atoms with E-state index in [1.165, 1.54) is 90.3 Å². The van der Waals surface area contributed by atoms with E-state index in [4.69, 9.17) is 118 Å². The van der Waals surface area contributed by atoms with E-state index in [-0.39, 0.29) is 54.8 Å². The number of nitrogens with one attached hydrogen (secondary N) is 5. The average molecular weight is 2120 g/mol. The number of benzene rings is 5. The average Bonchev–Trinajstić information content (AvgIpc) is 0.836. The Morgan fingerprint density at radius 1 is 0.413 bits per heavy atom. The quantitative estimate of drug-likeness (QED) is 0.00253. The Bertz CT molecular complexity index is 4760. The van der Waals surface area contributed by atoms with Gasteiger partial charge in [0.15, 0.2) is 0 Å². The van der Waals surface area contributed by atoms with Crippen LogP contribution in [-0.2, 0) is 81.2 Å². The van der Waals surface area contributed by atoms with Gasteiger partial charge in [-0.25, -0.2) is 4.79 Å². The summed E-state index contributed by atoms with van der Waals surface area (Å²) in [5.41, 5.74) is 13.4. The molecule has 0 fully saturated rings. The molecule has 5 rings (SSSR count). The van der Waals surface area contributed by atoms with Crippen LogP contribution >= 0.6 is 58.0 Å². The number of amides is 4. The highest BCUT2D eigenvalue weighted by Gasteiger charge is 2.35. The number of halogens is 5. The molecule has 0 heterocycles. The highest BCUT2D eigenvalue weighted by Crippen LogP contribution is 2.28. The molecule has 0 spiro atoms. The van der Waals surface area contributed by atoms with Crippen molar-refractivity contribution in [3.63, 3.8) is 0 Å². The van der Waals surface area contributed by atoms with E-state index in [0.717, 1.165) is 17.1 Å². The number of nitrogen functional groups attached to an aromatic ring is 1. The van der Waals surface area contributed by atoms with E-state index in [1.807, 2.05) is 46.2 Å². The predicted octanol–water partition coefficient (Wildman–Crippen LogP) is 9.11. The molecule has 0 aliphatic rings. The van der Waals surface area contributed by atoms with Crippen LogP contribution in [-0.4, -0.2) is 301 Å². The molecule has 0 aliphatic heterocycles. The van der Waals surface area contributed by atoms with Gasteiger partial charge in [0.25, 0.3) is 11.4 Å². The van der Waals surface area contributed by atoms with E-state index >= 15 is 0 Å². The van der Waals surface area contributed by atoms with Gasteiger partial charge in [0.2, 0.25) is 23.6 Å². The molecule has 0 aliphatic carbocycles. The van der Waals surface area contributed by atoms with Crippen molar-refractivity contribution < 1.29 is 126 Å². The molecule has 0 unspecified atom stereocenters. The van der Waals surface area contributed by atoms with Gasteiger partial charge in [0, 0.05) is 149 Å². The number of esters is 5. The zero-order valence-electron chi connectivity index (χ0n) is 85.8. The van der Waals surface area contributed by atoms with Gasteiger partial charge in [-0.15, -0.1) is 58.0 Å². The van der Waals surface area contributed by atoms with Crippen LogP contribution in [0.1, 0.15) is 136 Å². The summed E-state index contributed by atoms with van der Waals surface area (Å²) in [6.45, 7) is 33.7. The lowest BCUT2D eigenvalue weighted by Gasteiger charge is -2.28. The Labute approximate surface area is 863 Å². The number of carboxylic acid groups (broad SMARTS) is 2. The zero-order chi connectivity index (χ0) is 111. The largest absolute Gasteiger partial charge is 0.481 e. The molecule has 5 atom stereocenters. The second kappa shape index (κ2) is 69.3. The van der Waals surface area contributed by atoms with Gasteiger partial charge >= 0.3 is 70.0 Å². The SMILES string of the molecule is CB(O)N[C@H](CC(=O)OC(C)(C)C)C(=O)N(C)c1cccc(N(CCCl)CCCl)c1.CB(O)N[C@H](CC(=O)OC(C)(C)C)C(=O)N(C)c1cccc(N)c1.CB(O)N[C@H](CC(=O)OC(C)(C)C)C(=O)N(C)c1cccc([N+](=O)[O-])c1.CB(O)N[C@H](CC(=O)OC(C)(C)C)C(=O)O.CC(C)(C)OC(=O)CO.CN(C(=O)[C@H](N)CC(=O)O)c1cccc(N(CCCl)CCCl)c1.CNc1cccc([N+](=O)[O-])c1.O=CCCl. The van der Waals surface area contributed by atoms with Gasteiger partial charge in [-0.1, -0.05) is 30.3 Å². The topological polar surface area (TPSA) is 611 Å². The number of ether oxygens (including phenoxy) is 5. The number of anilines is 8. The molecule has 5 aromatic rings. The number of nitrogens with zero attached hydrogens (tertiary/aromatic N) is 8. The van der Waals surface area contributed by atoms with Gasteiger partial charge in [-0.3, -0.25) is 68.2 Å². The fourth-order valence-electron chi connectivity index (χ4n) is 11.6. The Hall–Kier alpha value is -10.8. The summed E-state index contributed by atoms with van der Waals surface area (Å²) in [4.78, 5) is 169. The van der Waals surface area contributed by atoms with Crippen molar-refractivity contribution in [3.8, 4) is 0 Å². The molecule has 143 heavy (non-hydrogen) atoms. The Kier molecular flexibility index (Phi) is 66.1. The van der Waals surface area contributed by atoms with E-state index in [0.29, 0.717) is 84.4 Å². The first-order valence-corrected chi connectivity index (χ1v) is 47.4. The van der Waals surface area contributed by atoms with E-state index < -0.39 is 163 Å². The van der Waals surface area contributed by atoms with Gasteiger partial charge in [0.1, 0.15) is 46.9 Å². The van der Waals surface area contributed by atoms with Gasteiger partial charge in [-0.2, -0.15) is 0 Å². The minimum Gasteiger partial charge on any atom is -0.481 e. The highest BCUT2D eigenvalue weighted by molar-refractivity contribution is 6.47. The fraction of sp³-hybridized carbons (Fsp3) is 0.538. The minimum absolute atomic E-state index is 0.108. The van der Waals surface area contributed by atoms with Crippen LogP contribution < -0.4 is 67.1 Å². The van der Waals surface area contributed by atoms with Crippen molar-refractivity contribution in [2.75, 3.05) is 138 Å². The van der Waals surface area contributed by atoms with Gasteiger partial charge < -0.3 is 131 Å². The van der Waals surface area contributed by atoms with Crippen molar-refractivity contribution in [2.45, 2.75) is 221 Å². The maximum Gasteiger partial charge on any atom is 0.374 e. The lowest BCUT2D eigenvalue weighted by Crippen LogP contribution is -2.51. The zero-order valence-corrected chi connectivity index (χ0v) is 89.5. The smallest absolute Gasteiger partial charge is 0.374 e. The second-order valence-electron chi connectivity index (χ2n) is 36.1. The third-order valence-electron chi connectivity index (χ3n) is 17.4. The normalized spacial score (nSPS) is 11.8. The molecule has 0 saturated carbocycles. The van der Waals surface area contributed by atoms with E-state index in [2.05, 4.69) is 26.2 Å². The third kappa shape index (κ3) is 63.9. The number of nitrogens with two attached hydrogens (primary N) is 2. The first kappa shape index (κ1) is 136. The lowest BCUT2D eigenvalue weighted by atomic mass is 9.86. The van der Waals surface area contributed by atoms with Crippen LogP contribution in [0.25, 0.3) is 0 Å². The molecule has 4 amide bonds. The molecule has 16 N–H and O–H groups in total. The summed E-state index contributed by atoms with van der Waals surface area (Å²) in [5, 5.41) is 98.0. The van der Waals surface area contributed by atoms with Crippen molar-refractivity contribution in [2.24, 2.45) is 5.73 Å². The summed E-state index contributed by atoms with van der Waals surface area (Å²) in [5.74, 6) is -4.93. The van der Waals surface area contributed by atoms with Crippen LogP contribution in [0.3, 0.4) is 0 Å². The van der Waals surface area contributed by atoms with Crippen LogP contribution in [0.15, 0.2) is 121 Å². The number of nitro groups is 2. The van der Waals surface area contributed by atoms with E-state index in [9.17, 15) is 88.0 Å². The summed E-state index contributed by atoms with van der Waals surface area (Å²) in [6, 6.07) is 28.4. The fourth-order valence-corrected chi connectivity index (χ4v) is 12.4. The van der Waals surface area contributed by atoms with Crippen molar-refractivity contribution in [1.82, 2.24) is 20.9 Å². The highest BCUT2D eigenvalue weighted by atomic mass is 35.5. The third-order valence-corrected chi connectivity index (χ3v) is 18.2. The molecule has 52 heteroatoms. The second-order valence-corrected chi connectivity index (χ2v) is 38.0. The van der Waals surface area contributed by atoms with Crippen molar-refractivity contribution in [3.05, 3.63) is 142 Å². The number of rotatable bonds is 42. The number of aldehydes is 1. The van der Waals surface area contributed by atoms with Crippen molar-refractivity contribution in [1.29, 1.82) is 0 Å². The number of nitro benzene ring substituents is 2. The molecule has 43 nitrogen and oxygen atoms in total. The number of non-ortho nitro benzene ring substituents is 2. The van der Waals surface area contributed by atoms with Crippen LogP contribution in [0.4, 0.5) is 56.9 Å². The molecular weight excluding hydrogens is 1970 g/mol. The number of alkyl halides is 5. The molecule has 0 aromatic heterocycles. The van der Waals surface area contributed by atoms with E-state index in [1.54, 1.807) is 181 Å². The number of carbonyl (C=O) groups is 12. The number of aliphatic hydroxyl groups is 1. The van der Waals surface area contributed by atoms with Crippen LogP contribution in [0.5, 0.6) is 0 Å². The number of carbonyl (C=O) groups excluding carboxylic acids is 10. The maximum atomic E-state index is 13.1. The summed E-state index contributed by atoms with van der Waals surface area (Å²) in [7, 11) is 3.99. The standard InChI is InChI=1S/C20H32BCl2N3O4.C16H24BN3O6.C16H26BN3O4.C15H21Cl2N3O3.C9H18BNO5.C7H8N2O2.C6H12O3.C2H3ClO/c1-20(2,3)30-18(27)14-17(24-21(4)29)19(28)25(5)15-7-6-8-16(13-15)26(11-9-22)12-10-23;1-16(2,3)26-14(21)10-13(18-17(4)23)15(22)19(5)11-7-6-8-12(9-11)20(24)25;1-16(2,3)24-14(21)10-13(19-17(4)23)15(22)20(5)12-8-6-7-11(18)9-12;1-19(15(23)13(18)10-14(21)22)11-3-2-4-12(9-11)20(7-5-16)8-6-17;1-9(2,3)16-7(12)5-6(8(13)14)11-10(4)15;1-8-6-3-2-4-7(5-6)9(10)11;1-6(2,3)9-5(8)4-7;3-1-2-4/h6-8,13,17,24,29H,9-12,14H2,1-5H3;6-9,13,18,23H,10H2,1-5H3;6-9,13,19,23H,10,18H2,1-5H3;2-4,9,13H,5-8,10,18H2,1H3,(H,21,22);6,11,15H,5H2,1-4H3,(H,13,14);2-5,8H,1H3;7H,4H2,1-3H3;2H,1H2/t17-;3*13-;6-;;;/m11111.../s1. The number of carboxylic acids is 2. The summed E-state index contributed by atoms with van der Waals surface area (Å²) < 4.78 is 25.5. The molecule has 0 bridgehead atoms.